The van der Waals surface area contributed by atoms with Crippen LogP contribution in [0.3, 0.4) is 0 Å². The van der Waals surface area contributed by atoms with Gasteiger partial charge in [-0.25, -0.2) is 9.37 Å². The van der Waals surface area contributed by atoms with Crippen molar-refractivity contribution in [3.63, 3.8) is 0 Å². The van der Waals surface area contributed by atoms with Crippen molar-refractivity contribution in [3.8, 4) is 0 Å². The number of halogens is 1. The molecule has 0 fully saturated rings. The number of carbonyl (C=O) groups is 1. The van der Waals surface area contributed by atoms with Gasteiger partial charge < -0.3 is 5.32 Å². The van der Waals surface area contributed by atoms with Crippen molar-refractivity contribution in [1.82, 2.24) is 10.3 Å². The van der Waals surface area contributed by atoms with Gasteiger partial charge in [0.2, 0.25) is 0 Å². The van der Waals surface area contributed by atoms with Crippen molar-refractivity contribution in [3.05, 3.63) is 51.7 Å². The molecule has 94 valence electrons. The summed E-state index contributed by atoms with van der Waals surface area (Å²) in [6.07, 6.45) is 2.51. The molecular weight excluding hydrogens is 251 g/mol. The molecule has 18 heavy (non-hydrogen) atoms. The molecule has 0 radical (unpaired) electrons. The van der Waals surface area contributed by atoms with Gasteiger partial charge in [-0.1, -0.05) is 12.1 Å². The Morgan fingerprint density at radius 3 is 2.89 bits per heavy atom. The number of benzene rings is 1. The fourth-order valence-corrected chi connectivity index (χ4v) is 2.36. The second-order valence-electron chi connectivity index (χ2n) is 3.83. The molecule has 0 atom stereocenters. The summed E-state index contributed by atoms with van der Waals surface area (Å²) in [6.45, 7) is 2.42. The summed E-state index contributed by atoms with van der Waals surface area (Å²) in [4.78, 5) is 16.9. The van der Waals surface area contributed by atoms with Crippen LogP contribution in [0.15, 0.2) is 30.5 Å². The molecule has 0 bridgehead atoms. The van der Waals surface area contributed by atoms with Crippen LogP contribution in [0.2, 0.25) is 0 Å². The van der Waals surface area contributed by atoms with E-state index in [0.29, 0.717) is 13.0 Å². The third-order valence-corrected chi connectivity index (χ3v) is 3.42. The van der Waals surface area contributed by atoms with E-state index in [4.69, 9.17) is 0 Å². The van der Waals surface area contributed by atoms with Crippen LogP contribution in [-0.4, -0.2) is 17.4 Å². The second-order valence-corrected chi connectivity index (χ2v) is 5.15. The summed E-state index contributed by atoms with van der Waals surface area (Å²) in [6, 6.07) is 5.96. The molecule has 0 spiro atoms. The van der Waals surface area contributed by atoms with Gasteiger partial charge in [0.15, 0.2) is 0 Å². The molecule has 2 rings (SSSR count). The molecule has 0 aliphatic heterocycles. The number of hydrogen-bond donors (Lipinski definition) is 1. The number of carbonyl (C=O) groups excluding carboxylic acids is 1. The third kappa shape index (κ3) is 3.13. The van der Waals surface area contributed by atoms with Gasteiger partial charge in [-0.15, -0.1) is 11.3 Å². The van der Waals surface area contributed by atoms with Gasteiger partial charge in [0.05, 0.1) is 10.6 Å². The molecule has 2 aromatic rings. The van der Waals surface area contributed by atoms with Gasteiger partial charge in [0.25, 0.3) is 5.91 Å². The lowest BCUT2D eigenvalue weighted by molar-refractivity contribution is 0.0950. The minimum Gasteiger partial charge on any atom is -0.352 e. The topological polar surface area (TPSA) is 42.0 Å². The average molecular weight is 264 g/mol. The van der Waals surface area contributed by atoms with Crippen molar-refractivity contribution in [2.45, 2.75) is 13.3 Å². The van der Waals surface area contributed by atoms with Crippen LogP contribution in [0.4, 0.5) is 4.39 Å². The Balaban J connectivity index is 1.87. The number of hydrogen-bond acceptors (Lipinski definition) is 3. The van der Waals surface area contributed by atoms with Gasteiger partial charge in [-0.05, 0) is 19.1 Å². The number of amides is 1. The highest BCUT2D eigenvalue weighted by Gasteiger charge is 2.09. The molecule has 1 N–H and O–H groups in total. The normalized spacial score (nSPS) is 10.3. The van der Waals surface area contributed by atoms with Crippen molar-refractivity contribution in [2.75, 3.05) is 6.54 Å². The van der Waals surface area contributed by atoms with Gasteiger partial charge in [-0.3, -0.25) is 4.79 Å². The number of aromatic nitrogens is 1. The summed E-state index contributed by atoms with van der Waals surface area (Å²) in [5.74, 6) is -0.877. The molecule has 0 saturated carbocycles. The Labute approximate surface area is 109 Å². The lowest BCUT2D eigenvalue weighted by Gasteiger charge is -2.04. The molecule has 3 nitrogen and oxygen atoms in total. The van der Waals surface area contributed by atoms with E-state index in [-0.39, 0.29) is 11.5 Å². The van der Waals surface area contributed by atoms with Crippen LogP contribution >= 0.6 is 11.3 Å². The van der Waals surface area contributed by atoms with E-state index < -0.39 is 5.82 Å². The maximum absolute atomic E-state index is 13.3. The van der Waals surface area contributed by atoms with Gasteiger partial charge in [-0.2, -0.15) is 0 Å². The number of nitrogens with one attached hydrogen (secondary N) is 1. The first-order valence-corrected chi connectivity index (χ1v) is 6.42. The fraction of sp³-hybridized carbons (Fsp3) is 0.231. The largest absolute Gasteiger partial charge is 0.352 e. The zero-order chi connectivity index (χ0) is 13.0. The minimum absolute atomic E-state index is 0.0815. The van der Waals surface area contributed by atoms with E-state index in [1.165, 1.54) is 12.1 Å². The Kier molecular flexibility index (Phi) is 4.04. The van der Waals surface area contributed by atoms with Crippen molar-refractivity contribution in [2.24, 2.45) is 0 Å². The standard InChI is InChI=1S/C13H13FN2OS/c1-9-16-8-10(18-9)6-7-15-13(17)11-4-2-3-5-12(11)14/h2-5,8H,6-7H2,1H3,(H,15,17). The lowest BCUT2D eigenvalue weighted by atomic mass is 10.2. The van der Waals surface area contributed by atoms with Gasteiger partial charge in [0, 0.05) is 24.0 Å². The zero-order valence-electron chi connectivity index (χ0n) is 9.94. The predicted molar refractivity (Wildman–Crippen MR) is 69.3 cm³/mol. The van der Waals surface area contributed by atoms with Crippen LogP contribution < -0.4 is 5.32 Å². The van der Waals surface area contributed by atoms with Crippen LogP contribution in [0.25, 0.3) is 0 Å². The lowest BCUT2D eigenvalue weighted by Crippen LogP contribution is -2.26. The smallest absolute Gasteiger partial charge is 0.254 e. The van der Waals surface area contributed by atoms with E-state index in [2.05, 4.69) is 10.3 Å². The number of rotatable bonds is 4. The van der Waals surface area contributed by atoms with Gasteiger partial charge >= 0.3 is 0 Å². The fourth-order valence-electron chi connectivity index (χ4n) is 1.56. The van der Waals surface area contributed by atoms with E-state index in [1.807, 2.05) is 6.92 Å². The number of thiazole rings is 1. The minimum atomic E-state index is -0.497. The SMILES string of the molecule is Cc1ncc(CCNC(=O)c2ccccc2F)s1. The van der Waals surface area contributed by atoms with E-state index in [9.17, 15) is 9.18 Å². The second kappa shape index (κ2) is 5.73. The van der Waals surface area contributed by atoms with E-state index >= 15 is 0 Å². The van der Waals surface area contributed by atoms with E-state index in [0.717, 1.165) is 9.88 Å². The molecular formula is C13H13FN2OS. The average Bonchev–Trinajstić information content (AvgIpc) is 2.75. The summed E-state index contributed by atoms with van der Waals surface area (Å²) in [5.41, 5.74) is 0.0815. The molecule has 0 aliphatic carbocycles. The molecule has 1 heterocycles. The summed E-state index contributed by atoms with van der Waals surface area (Å²) in [5, 5.41) is 3.70. The predicted octanol–water partition coefficient (Wildman–Crippen LogP) is 2.56. The molecule has 5 heteroatoms. The van der Waals surface area contributed by atoms with Crippen LogP contribution in [0.1, 0.15) is 20.2 Å². The van der Waals surface area contributed by atoms with Crippen LogP contribution in [-0.2, 0) is 6.42 Å². The third-order valence-electron chi connectivity index (χ3n) is 2.44. The van der Waals surface area contributed by atoms with Crippen LogP contribution in [0.5, 0.6) is 0 Å². The quantitative estimate of drug-likeness (QED) is 0.922. The first-order valence-electron chi connectivity index (χ1n) is 5.61. The summed E-state index contributed by atoms with van der Waals surface area (Å²) in [7, 11) is 0. The summed E-state index contributed by atoms with van der Waals surface area (Å²) < 4.78 is 13.3. The zero-order valence-corrected chi connectivity index (χ0v) is 10.8. The maximum Gasteiger partial charge on any atom is 0.254 e. The molecule has 1 aromatic heterocycles. The highest BCUT2D eigenvalue weighted by molar-refractivity contribution is 7.11. The summed E-state index contributed by atoms with van der Waals surface area (Å²) >= 11 is 1.60. The highest BCUT2D eigenvalue weighted by atomic mass is 32.1. The Morgan fingerprint density at radius 2 is 2.22 bits per heavy atom. The Morgan fingerprint density at radius 1 is 1.44 bits per heavy atom. The highest BCUT2D eigenvalue weighted by Crippen LogP contribution is 2.11. The first kappa shape index (κ1) is 12.7. The van der Waals surface area contributed by atoms with Crippen molar-refractivity contribution >= 4 is 17.2 Å². The van der Waals surface area contributed by atoms with Crippen molar-refractivity contribution < 1.29 is 9.18 Å². The number of aryl methyl sites for hydroxylation is 1. The van der Waals surface area contributed by atoms with Crippen molar-refractivity contribution in [1.29, 1.82) is 0 Å². The molecule has 0 aliphatic rings. The van der Waals surface area contributed by atoms with E-state index in [1.54, 1.807) is 29.7 Å². The number of nitrogens with zero attached hydrogens (tertiary/aromatic N) is 1. The van der Waals surface area contributed by atoms with Crippen LogP contribution in [0, 0.1) is 12.7 Å². The Bertz CT molecular complexity index is 553. The maximum atomic E-state index is 13.3. The molecule has 0 unspecified atom stereocenters. The first-order chi connectivity index (χ1) is 8.66. The van der Waals surface area contributed by atoms with Gasteiger partial charge in [0.1, 0.15) is 5.82 Å². The Hall–Kier alpha value is -1.75. The monoisotopic (exact) mass is 264 g/mol. The molecule has 1 amide bonds. The molecule has 1 aromatic carbocycles. The molecule has 0 saturated heterocycles.